The van der Waals surface area contributed by atoms with Crippen molar-refractivity contribution in [2.75, 3.05) is 23.7 Å². The number of pyridine rings is 1. The SMILES string of the molecule is Nc1nccc(Sc2cnc(N3CCC4(CC3)Cc3ccccc3[C@@H]4N)nn2)c1Cl. The lowest BCUT2D eigenvalue weighted by Crippen LogP contribution is -2.45. The number of piperidine rings is 1. The van der Waals surface area contributed by atoms with Crippen LogP contribution >= 0.6 is 23.4 Å². The van der Waals surface area contributed by atoms with E-state index in [2.05, 4.69) is 49.3 Å². The van der Waals surface area contributed by atoms with Gasteiger partial charge in [0.15, 0.2) is 0 Å². The first-order chi connectivity index (χ1) is 14.6. The van der Waals surface area contributed by atoms with Gasteiger partial charge in [-0.05, 0) is 41.9 Å². The van der Waals surface area contributed by atoms with Crippen LogP contribution in [0.4, 0.5) is 11.8 Å². The lowest BCUT2D eigenvalue weighted by Gasteiger charge is -2.42. The number of fused-ring (bicyclic) bond motifs is 1. The lowest BCUT2D eigenvalue weighted by molar-refractivity contribution is 0.186. The van der Waals surface area contributed by atoms with Gasteiger partial charge in [-0.2, -0.15) is 0 Å². The molecule has 5 rings (SSSR count). The second kappa shape index (κ2) is 7.68. The molecule has 1 atom stereocenters. The van der Waals surface area contributed by atoms with Crippen molar-refractivity contribution in [2.24, 2.45) is 11.1 Å². The quantitative estimate of drug-likeness (QED) is 0.638. The summed E-state index contributed by atoms with van der Waals surface area (Å²) in [5, 5.41) is 9.75. The minimum atomic E-state index is 0.103. The smallest absolute Gasteiger partial charge is 0.245 e. The van der Waals surface area contributed by atoms with Gasteiger partial charge >= 0.3 is 0 Å². The van der Waals surface area contributed by atoms with Gasteiger partial charge in [0.25, 0.3) is 0 Å². The minimum Gasteiger partial charge on any atom is -0.382 e. The van der Waals surface area contributed by atoms with Crippen LogP contribution in [0.3, 0.4) is 0 Å². The standard InChI is InChI=1S/C21H22ClN7S/c22-17-15(5-8-25-19(17)24)30-16-12-26-20(28-27-16)29-9-6-21(7-10-29)11-13-3-1-2-4-14(13)18(21)23/h1-5,8,12,18H,6-7,9-11,23H2,(H2,24,25)/t18-/m0/s1. The fraction of sp³-hybridized carbons (Fsp3) is 0.333. The molecule has 1 saturated heterocycles. The molecule has 30 heavy (non-hydrogen) atoms. The van der Waals surface area contributed by atoms with Crippen LogP contribution < -0.4 is 16.4 Å². The summed E-state index contributed by atoms with van der Waals surface area (Å²) in [5.41, 5.74) is 15.3. The summed E-state index contributed by atoms with van der Waals surface area (Å²) in [5.74, 6) is 0.951. The highest BCUT2D eigenvalue weighted by Gasteiger charge is 2.46. The normalized spacial score (nSPS) is 19.8. The van der Waals surface area contributed by atoms with Gasteiger partial charge in [-0.3, -0.25) is 0 Å². The molecule has 3 aromatic rings. The Morgan fingerprint density at radius 3 is 2.63 bits per heavy atom. The molecular formula is C21H22ClN7S. The first-order valence-corrected chi connectivity index (χ1v) is 11.1. The van der Waals surface area contributed by atoms with Crippen molar-refractivity contribution in [3.63, 3.8) is 0 Å². The summed E-state index contributed by atoms with van der Waals surface area (Å²) in [6, 6.07) is 10.5. The number of hydrogen-bond acceptors (Lipinski definition) is 8. The van der Waals surface area contributed by atoms with Crippen LogP contribution in [0.2, 0.25) is 5.02 Å². The fourth-order valence-electron chi connectivity index (χ4n) is 4.54. The molecule has 2 aromatic heterocycles. The zero-order valence-corrected chi connectivity index (χ0v) is 17.9. The fourth-order valence-corrected chi connectivity index (χ4v) is 5.50. The Morgan fingerprint density at radius 1 is 1.10 bits per heavy atom. The molecule has 1 aliphatic carbocycles. The molecule has 0 radical (unpaired) electrons. The second-order valence-corrected chi connectivity index (χ2v) is 9.35. The van der Waals surface area contributed by atoms with Crippen molar-refractivity contribution in [1.82, 2.24) is 20.2 Å². The third kappa shape index (κ3) is 3.38. The minimum absolute atomic E-state index is 0.103. The Labute approximate surface area is 184 Å². The zero-order chi connectivity index (χ0) is 20.7. The Kier molecular flexibility index (Phi) is 5.00. The van der Waals surface area contributed by atoms with Crippen LogP contribution in [0.15, 0.2) is 52.6 Å². The molecule has 1 fully saturated rings. The van der Waals surface area contributed by atoms with E-state index in [1.54, 1.807) is 18.5 Å². The number of rotatable bonds is 3. The summed E-state index contributed by atoms with van der Waals surface area (Å²) in [4.78, 5) is 11.5. The maximum Gasteiger partial charge on any atom is 0.245 e. The number of hydrogen-bond donors (Lipinski definition) is 2. The van der Waals surface area contributed by atoms with Crippen LogP contribution in [0.1, 0.15) is 30.0 Å². The first-order valence-electron chi connectivity index (χ1n) is 9.92. The summed E-state index contributed by atoms with van der Waals surface area (Å²) in [6.07, 6.45) is 6.45. The molecule has 0 bridgehead atoms. The first kappa shape index (κ1) is 19.5. The molecule has 1 aromatic carbocycles. The van der Waals surface area contributed by atoms with Gasteiger partial charge in [0.05, 0.1) is 11.2 Å². The van der Waals surface area contributed by atoms with Gasteiger partial charge in [-0.1, -0.05) is 47.6 Å². The summed E-state index contributed by atoms with van der Waals surface area (Å²) in [7, 11) is 0. The Bertz CT molecular complexity index is 1070. The number of halogens is 1. The predicted octanol–water partition coefficient (Wildman–Crippen LogP) is 3.50. The van der Waals surface area contributed by atoms with Crippen LogP contribution in [0.25, 0.3) is 0 Å². The largest absolute Gasteiger partial charge is 0.382 e. The molecule has 1 spiro atoms. The average Bonchev–Trinajstić information content (AvgIpc) is 3.04. The highest BCUT2D eigenvalue weighted by molar-refractivity contribution is 7.99. The summed E-state index contributed by atoms with van der Waals surface area (Å²) < 4.78 is 0. The Balaban J connectivity index is 1.26. The maximum atomic E-state index is 6.67. The highest BCUT2D eigenvalue weighted by atomic mass is 35.5. The van der Waals surface area contributed by atoms with Crippen molar-refractivity contribution >= 4 is 35.1 Å². The van der Waals surface area contributed by atoms with Crippen LogP contribution in [-0.2, 0) is 6.42 Å². The number of aromatic nitrogens is 4. The number of nitrogens with zero attached hydrogens (tertiary/aromatic N) is 5. The molecule has 0 saturated carbocycles. The van der Waals surface area contributed by atoms with E-state index in [1.165, 1.54) is 22.9 Å². The topological polar surface area (TPSA) is 107 Å². The number of nitrogens with two attached hydrogens (primary N) is 2. The van der Waals surface area contributed by atoms with Crippen molar-refractivity contribution in [1.29, 1.82) is 0 Å². The van der Waals surface area contributed by atoms with Gasteiger partial charge in [-0.15, -0.1) is 10.2 Å². The molecule has 154 valence electrons. The molecule has 0 amide bonds. The van der Waals surface area contributed by atoms with Gasteiger partial charge in [0.2, 0.25) is 5.95 Å². The maximum absolute atomic E-state index is 6.67. The zero-order valence-electron chi connectivity index (χ0n) is 16.3. The van der Waals surface area contributed by atoms with E-state index in [1.807, 2.05) is 0 Å². The van der Waals surface area contributed by atoms with Crippen LogP contribution in [-0.4, -0.2) is 33.3 Å². The van der Waals surface area contributed by atoms with E-state index in [4.69, 9.17) is 23.1 Å². The van der Waals surface area contributed by atoms with Crippen LogP contribution in [0, 0.1) is 5.41 Å². The van der Waals surface area contributed by atoms with Crippen LogP contribution in [0.5, 0.6) is 0 Å². The van der Waals surface area contributed by atoms with Gasteiger partial charge in [0, 0.05) is 30.2 Å². The van der Waals surface area contributed by atoms with Crippen molar-refractivity contribution in [3.05, 3.63) is 58.9 Å². The van der Waals surface area contributed by atoms with E-state index >= 15 is 0 Å². The summed E-state index contributed by atoms with van der Waals surface area (Å²) >= 11 is 7.57. The Hall–Kier alpha value is -2.42. The highest BCUT2D eigenvalue weighted by Crippen LogP contribution is 2.50. The molecule has 4 N–H and O–H groups in total. The van der Waals surface area contributed by atoms with Crippen molar-refractivity contribution in [3.8, 4) is 0 Å². The number of nitrogen functional groups attached to an aromatic ring is 1. The van der Waals surface area contributed by atoms with E-state index in [0.717, 1.165) is 37.2 Å². The molecule has 2 aliphatic rings. The molecule has 1 aliphatic heterocycles. The van der Waals surface area contributed by atoms with Crippen molar-refractivity contribution in [2.45, 2.75) is 35.2 Å². The van der Waals surface area contributed by atoms with Gasteiger partial charge in [0.1, 0.15) is 10.8 Å². The molecule has 3 heterocycles. The summed E-state index contributed by atoms with van der Waals surface area (Å²) in [6.45, 7) is 1.76. The number of benzene rings is 1. The van der Waals surface area contributed by atoms with E-state index in [0.29, 0.717) is 21.8 Å². The predicted molar refractivity (Wildman–Crippen MR) is 119 cm³/mol. The monoisotopic (exact) mass is 439 g/mol. The lowest BCUT2D eigenvalue weighted by atomic mass is 9.73. The molecule has 9 heteroatoms. The third-order valence-corrected chi connectivity index (χ3v) is 7.72. The van der Waals surface area contributed by atoms with E-state index < -0.39 is 0 Å². The second-order valence-electron chi connectivity index (χ2n) is 7.91. The van der Waals surface area contributed by atoms with Gasteiger partial charge < -0.3 is 16.4 Å². The van der Waals surface area contributed by atoms with Gasteiger partial charge in [-0.25, -0.2) is 9.97 Å². The molecule has 0 unspecified atom stereocenters. The van der Waals surface area contributed by atoms with Crippen molar-refractivity contribution < 1.29 is 0 Å². The Morgan fingerprint density at radius 2 is 1.90 bits per heavy atom. The third-order valence-electron chi connectivity index (χ3n) is 6.26. The molecular weight excluding hydrogens is 418 g/mol. The average molecular weight is 440 g/mol. The molecule has 7 nitrogen and oxygen atoms in total. The van der Waals surface area contributed by atoms with E-state index in [9.17, 15) is 0 Å². The number of anilines is 2. The van der Waals surface area contributed by atoms with E-state index in [-0.39, 0.29) is 11.5 Å².